The number of aldehydes is 1. The number of nitrogens with one attached hydrogen (secondary N) is 3. The Kier molecular flexibility index (Phi) is 14.1. The molecule has 6 aliphatic heterocycles. The molecule has 4 unspecified atom stereocenters. The van der Waals surface area contributed by atoms with E-state index in [4.69, 9.17) is 25.5 Å². The number of nitrogens with zero attached hydrogens (tertiary/aromatic N) is 15. The summed E-state index contributed by atoms with van der Waals surface area (Å²) in [6, 6.07) is 29.5. The van der Waals surface area contributed by atoms with Crippen LogP contribution in [0, 0.1) is 50.4 Å². The molecule has 6 saturated heterocycles. The van der Waals surface area contributed by atoms with Crippen molar-refractivity contribution in [2.45, 2.75) is 84.1 Å². The van der Waals surface area contributed by atoms with Gasteiger partial charge in [0.05, 0.1) is 22.8 Å². The van der Waals surface area contributed by atoms with Crippen LogP contribution in [-0.2, 0) is 19.4 Å². The standard InChI is InChI=1S/C27H27N9.C20H23N7.C7H4N2O/c1-17-7-22(9-23-8-18(2)33-34-23)32-27(31-17)20-4-6-26(30-13-20)35-15-24-10-25(16-35)36(24)14-19-3-5-21(11-28)29-12-19;1-12-5-15(7-16-6-13(2)25-26-16)24-20(22-12)14-3-4-19(21-9-14)27-10-17-8-18(11-27)23-17;8-3-7-2-1-6(5-10)4-9-7/h3-8,12-13,24-25H,9-10,14-16H2,1-2H3,(H,33,34);3-6,9,17-18,23H,7-8,10-11H2,1-2H3,(H,25,26);1-2,4-5H. The zero-order chi connectivity index (χ0) is 50.4. The molecular formula is C54H54N18O. The van der Waals surface area contributed by atoms with Crippen molar-refractivity contribution in [2.24, 2.45) is 0 Å². The number of H-pyrrole nitrogens is 2. The second-order valence-electron chi connectivity index (χ2n) is 19.1. The number of carbonyl (C=O) groups is 1. The first-order valence-electron chi connectivity index (χ1n) is 24.3. The Hall–Kier alpha value is -8.65. The molecule has 6 fully saturated rings. The van der Waals surface area contributed by atoms with Gasteiger partial charge in [-0.2, -0.15) is 20.7 Å². The fourth-order valence-electron chi connectivity index (χ4n) is 9.79. The van der Waals surface area contributed by atoms with Crippen LogP contribution in [0.3, 0.4) is 0 Å². The number of nitriles is 2. The lowest BCUT2D eigenvalue weighted by Crippen LogP contribution is -2.68. The number of aromatic amines is 2. The van der Waals surface area contributed by atoms with Crippen molar-refractivity contribution in [3.8, 4) is 34.9 Å². The fraction of sp³-hybridized carbons (Fsp3) is 0.315. The van der Waals surface area contributed by atoms with Crippen molar-refractivity contribution >= 4 is 17.9 Å². The number of piperazine rings is 2. The van der Waals surface area contributed by atoms with Gasteiger partial charge in [0.1, 0.15) is 35.2 Å². The number of pyridine rings is 4. The Morgan fingerprint density at radius 2 is 1.11 bits per heavy atom. The molecule has 4 atom stereocenters. The molecule has 3 N–H and O–H groups in total. The summed E-state index contributed by atoms with van der Waals surface area (Å²) in [5, 5.41) is 35.4. The molecule has 0 radical (unpaired) electrons. The van der Waals surface area contributed by atoms with Gasteiger partial charge in [-0.25, -0.2) is 39.9 Å². The van der Waals surface area contributed by atoms with Gasteiger partial charge in [-0.15, -0.1) is 0 Å². The van der Waals surface area contributed by atoms with Crippen molar-refractivity contribution in [1.82, 2.24) is 70.5 Å². The van der Waals surface area contributed by atoms with Gasteiger partial charge in [0, 0.05) is 134 Å². The van der Waals surface area contributed by atoms with Crippen LogP contribution in [0.2, 0.25) is 0 Å². The summed E-state index contributed by atoms with van der Waals surface area (Å²) >= 11 is 0. The minimum atomic E-state index is 0.325. The van der Waals surface area contributed by atoms with Gasteiger partial charge in [-0.3, -0.25) is 19.9 Å². The molecular weight excluding hydrogens is 917 g/mol. The van der Waals surface area contributed by atoms with E-state index >= 15 is 0 Å². The number of fused-ring (bicyclic) bond motifs is 4. The Bertz CT molecular complexity index is 3260. The zero-order valence-corrected chi connectivity index (χ0v) is 41.1. The maximum absolute atomic E-state index is 10.1. The third kappa shape index (κ3) is 11.6. The minimum Gasteiger partial charge on any atom is -0.353 e. The van der Waals surface area contributed by atoms with Crippen LogP contribution in [-0.4, -0.2) is 122 Å². The van der Waals surface area contributed by atoms with Gasteiger partial charge in [0.15, 0.2) is 17.9 Å². The molecule has 14 rings (SSSR count). The molecule has 4 bridgehead atoms. The van der Waals surface area contributed by atoms with Crippen molar-refractivity contribution in [1.29, 1.82) is 10.5 Å². The average molecular weight is 971 g/mol. The van der Waals surface area contributed by atoms with Gasteiger partial charge >= 0.3 is 0 Å². The largest absolute Gasteiger partial charge is 0.353 e. The normalized spacial score (nSPS) is 18.4. The summed E-state index contributed by atoms with van der Waals surface area (Å²) < 4.78 is 0. The molecule has 366 valence electrons. The third-order valence-electron chi connectivity index (χ3n) is 13.3. The highest BCUT2D eigenvalue weighted by Crippen LogP contribution is 2.36. The molecule has 8 aromatic rings. The van der Waals surface area contributed by atoms with E-state index in [1.165, 1.54) is 25.1 Å². The molecule has 19 heteroatoms. The van der Waals surface area contributed by atoms with Crippen LogP contribution in [0.1, 0.15) is 85.7 Å². The Morgan fingerprint density at radius 1 is 0.589 bits per heavy atom. The van der Waals surface area contributed by atoms with Crippen LogP contribution in [0.5, 0.6) is 0 Å². The monoisotopic (exact) mass is 970 g/mol. The lowest BCUT2D eigenvalue weighted by atomic mass is 9.87. The lowest BCUT2D eigenvalue weighted by molar-refractivity contribution is -0.00875. The summed E-state index contributed by atoms with van der Waals surface area (Å²) in [6.07, 6.45) is 11.5. The Morgan fingerprint density at radius 3 is 1.53 bits per heavy atom. The quantitative estimate of drug-likeness (QED) is 0.126. The summed E-state index contributed by atoms with van der Waals surface area (Å²) in [4.78, 5) is 53.5. The van der Waals surface area contributed by atoms with E-state index < -0.39 is 0 Å². The topological polar surface area (TPSA) is 247 Å². The van der Waals surface area contributed by atoms with E-state index in [-0.39, 0.29) is 0 Å². The van der Waals surface area contributed by atoms with Crippen LogP contribution >= 0.6 is 0 Å². The first kappa shape index (κ1) is 48.0. The number of rotatable bonds is 11. The molecule has 6 aliphatic rings. The number of anilines is 2. The second-order valence-corrected chi connectivity index (χ2v) is 19.1. The highest BCUT2D eigenvalue weighted by atomic mass is 16.1. The molecule has 0 aromatic carbocycles. The van der Waals surface area contributed by atoms with Crippen LogP contribution < -0.4 is 15.1 Å². The van der Waals surface area contributed by atoms with Crippen molar-refractivity contribution < 1.29 is 4.79 Å². The van der Waals surface area contributed by atoms with E-state index in [9.17, 15) is 4.79 Å². The maximum atomic E-state index is 10.1. The smallest absolute Gasteiger partial charge is 0.161 e. The molecule has 19 nitrogen and oxygen atoms in total. The Labute approximate surface area is 422 Å². The summed E-state index contributed by atoms with van der Waals surface area (Å²) in [7, 11) is 0. The number of carbonyl (C=O) groups excluding carboxylic acids is 1. The van der Waals surface area contributed by atoms with Gasteiger partial charge in [-0.05, 0) is 113 Å². The number of hydrogen-bond donors (Lipinski definition) is 3. The van der Waals surface area contributed by atoms with E-state index in [1.54, 1.807) is 12.1 Å². The highest BCUT2D eigenvalue weighted by molar-refractivity contribution is 5.74. The van der Waals surface area contributed by atoms with Crippen molar-refractivity contribution in [3.05, 3.63) is 166 Å². The first-order valence-corrected chi connectivity index (χ1v) is 24.3. The van der Waals surface area contributed by atoms with Gasteiger partial charge < -0.3 is 15.1 Å². The summed E-state index contributed by atoms with van der Waals surface area (Å²) in [6.45, 7) is 12.9. The predicted molar refractivity (Wildman–Crippen MR) is 273 cm³/mol. The first-order chi connectivity index (χ1) is 35.5. The molecule has 0 saturated carbocycles. The summed E-state index contributed by atoms with van der Waals surface area (Å²) in [5.74, 6) is 3.45. The third-order valence-corrected chi connectivity index (χ3v) is 13.3. The second kappa shape index (κ2) is 21.4. The van der Waals surface area contributed by atoms with Gasteiger partial charge in [-0.1, -0.05) is 6.07 Å². The molecule has 73 heavy (non-hydrogen) atoms. The van der Waals surface area contributed by atoms with Crippen molar-refractivity contribution in [3.63, 3.8) is 0 Å². The van der Waals surface area contributed by atoms with E-state index in [0.717, 1.165) is 112 Å². The van der Waals surface area contributed by atoms with E-state index in [2.05, 4.69) is 95.7 Å². The molecule has 0 aliphatic carbocycles. The maximum Gasteiger partial charge on any atom is 0.161 e. The lowest BCUT2D eigenvalue weighted by Gasteiger charge is -2.56. The minimum absolute atomic E-state index is 0.325. The van der Waals surface area contributed by atoms with Crippen LogP contribution in [0.15, 0.2) is 97.6 Å². The number of aryl methyl sites for hydroxylation is 4. The average Bonchev–Trinajstić information content (AvgIpc) is 4.03. The van der Waals surface area contributed by atoms with Crippen molar-refractivity contribution in [2.75, 3.05) is 36.0 Å². The molecule has 0 amide bonds. The molecule has 8 aromatic heterocycles. The molecule has 0 spiro atoms. The fourth-order valence-corrected chi connectivity index (χ4v) is 9.79. The highest BCUT2D eigenvalue weighted by Gasteiger charge is 2.44. The zero-order valence-electron chi connectivity index (χ0n) is 41.1. The SMILES string of the molecule is Cc1cc(Cc2cc(C)[nH]n2)nc(-c2ccc(N3CC4CC(C3)N4)nc2)n1.Cc1cc(Cc2cc(C)[nH]n2)nc(-c2ccc(N3CC4CC(C3)N4Cc3ccc(C#N)nc3)nc2)n1.N#Cc1ccc(C=O)cn1. The van der Waals surface area contributed by atoms with Crippen LogP contribution in [0.4, 0.5) is 11.6 Å². The Balaban J connectivity index is 0.000000145. The van der Waals surface area contributed by atoms with E-state index in [1.807, 2.05) is 82.7 Å². The number of hydrogen-bond acceptors (Lipinski definition) is 17. The van der Waals surface area contributed by atoms with Gasteiger partial charge in [0.25, 0.3) is 0 Å². The number of aromatic nitrogens is 12. The number of piperidine rings is 2. The molecule has 14 heterocycles. The van der Waals surface area contributed by atoms with E-state index in [0.29, 0.717) is 66.1 Å². The van der Waals surface area contributed by atoms with Crippen LogP contribution in [0.25, 0.3) is 22.8 Å². The predicted octanol–water partition coefficient (Wildman–Crippen LogP) is 5.98. The van der Waals surface area contributed by atoms with Gasteiger partial charge in [0.2, 0.25) is 0 Å². The summed E-state index contributed by atoms with van der Waals surface area (Å²) in [5.41, 5.74) is 12.1.